The van der Waals surface area contributed by atoms with Gasteiger partial charge in [0.2, 0.25) is 0 Å². The van der Waals surface area contributed by atoms with Crippen LogP contribution in [-0.4, -0.2) is 31.7 Å². The number of nitrogens with one attached hydrogen (secondary N) is 1. The lowest BCUT2D eigenvalue weighted by Crippen LogP contribution is -2.23. The molecule has 0 radical (unpaired) electrons. The van der Waals surface area contributed by atoms with Crippen LogP contribution in [0.1, 0.15) is 12.5 Å². The normalized spacial score (nSPS) is 10.1. The lowest BCUT2D eigenvalue weighted by Gasteiger charge is -2.11. The quantitative estimate of drug-likeness (QED) is 0.657. The number of amides is 1. The van der Waals surface area contributed by atoms with Gasteiger partial charge in [0.05, 0.1) is 12.3 Å². The molecule has 1 amide bonds. The first kappa shape index (κ1) is 19.8. The molecule has 0 saturated heterocycles. The highest BCUT2D eigenvalue weighted by molar-refractivity contribution is 9.10. The molecule has 0 aliphatic heterocycles. The van der Waals surface area contributed by atoms with Crippen LogP contribution in [0, 0.1) is 6.92 Å². The van der Waals surface area contributed by atoms with E-state index in [0.717, 1.165) is 10.0 Å². The number of anilines is 1. The maximum absolute atomic E-state index is 11.9. The molecule has 2 rings (SSSR count). The molecule has 7 heteroatoms. The average Bonchev–Trinajstić information content (AvgIpc) is 2.62. The van der Waals surface area contributed by atoms with E-state index >= 15 is 0 Å². The minimum Gasteiger partial charge on any atom is -0.490 e. The highest BCUT2D eigenvalue weighted by atomic mass is 79.9. The number of rotatable bonds is 8. The van der Waals surface area contributed by atoms with Crippen molar-refractivity contribution >= 4 is 33.5 Å². The molecule has 0 atom stereocenters. The van der Waals surface area contributed by atoms with Crippen LogP contribution in [0.25, 0.3) is 0 Å². The maximum atomic E-state index is 11.9. The highest BCUT2D eigenvalue weighted by Crippen LogP contribution is 2.26. The van der Waals surface area contributed by atoms with Crippen molar-refractivity contribution in [1.82, 2.24) is 0 Å². The number of carbonyl (C=O) groups is 2. The molecule has 0 spiro atoms. The second-order valence-electron chi connectivity index (χ2n) is 5.36. The van der Waals surface area contributed by atoms with Gasteiger partial charge in [-0.05, 0) is 59.6 Å². The van der Waals surface area contributed by atoms with Crippen LogP contribution in [-0.2, 0) is 14.3 Å². The molecule has 0 bridgehead atoms. The molecule has 0 unspecified atom stereocenters. The monoisotopic (exact) mass is 421 g/mol. The van der Waals surface area contributed by atoms with E-state index in [1.54, 1.807) is 24.3 Å². The number of para-hydroxylation sites is 2. The van der Waals surface area contributed by atoms with Crippen molar-refractivity contribution in [1.29, 1.82) is 0 Å². The molecular formula is C19H20BrNO5. The number of ether oxygens (including phenoxy) is 3. The van der Waals surface area contributed by atoms with Gasteiger partial charge in [-0.15, -0.1) is 0 Å². The number of carbonyl (C=O) groups excluding carboxylic acids is 2. The molecule has 138 valence electrons. The lowest BCUT2D eigenvalue weighted by molar-refractivity contribution is -0.149. The third kappa shape index (κ3) is 6.07. The van der Waals surface area contributed by atoms with Gasteiger partial charge in [0, 0.05) is 4.47 Å². The summed E-state index contributed by atoms with van der Waals surface area (Å²) in [5.74, 6) is -0.0869. The van der Waals surface area contributed by atoms with Crippen LogP contribution >= 0.6 is 15.9 Å². The Morgan fingerprint density at radius 3 is 2.38 bits per heavy atom. The van der Waals surface area contributed by atoms with Crippen LogP contribution in [0.15, 0.2) is 46.9 Å². The molecular weight excluding hydrogens is 402 g/mol. The zero-order valence-corrected chi connectivity index (χ0v) is 16.2. The van der Waals surface area contributed by atoms with Crippen molar-refractivity contribution in [2.45, 2.75) is 13.8 Å². The van der Waals surface area contributed by atoms with E-state index in [0.29, 0.717) is 23.8 Å². The lowest BCUT2D eigenvalue weighted by atomic mass is 10.2. The summed E-state index contributed by atoms with van der Waals surface area (Å²) in [7, 11) is 0. The van der Waals surface area contributed by atoms with Gasteiger partial charge in [-0.3, -0.25) is 4.79 Å². The summed E-state index contributed by atoms with van der Waals surface area (Å²) in [6.07, 6.45) is 0. The zero-order chi connectivity index (χ0) is 18.9. The van der Waals surface area contributed by atoms with Gasteiger partial charge < -0.3 is 19.5 Å². The summed E-state index contributed by atoms with van der Waals surface area (Å²) in [5, 5.41) is 2.67. The fraction of sp³-hybridized carbons (Fsp3) is 0.263. The zero-order valence-electron chi connectivity index (χ0n) is 14.6. The van der Waals surface area contributed by atoms with Crippen molar-refractivity contribution in [2.24, 2.45) is 0 Å². The molecule has 0 saturated carbocycles. The second-order valence-corrected chi connectivity index (χ2v) is 6.21. The minimum absolute atomic E-state index is 0.314. The Morgan fingerprint density at radius 1 is 1.04 bits per heavy atom. The Bertz CT molecular complexity index is 778. The number of esters is 1. The Balaban J connectivity index is 1.79. The number of hydrogen-bond acceptors (Lipinski definition) is 5. The van der Waals surface area contributed by atoms with Crippen molar-refractivity contribution in [3.8, 4) is 11.5 Å². The van der Waals surface area contributed by atoms with Crippen LogP contribution in [0.2, 0.25) is 0 Å². The van der Waals surface area contributed by atoms with Gasteiger partial charge in [-0.25, -0.2) is 4.79 Å². The highest BCUT2D eigenvalue weighted by Gasteiger charge is 2.11. The van der Waals surface area contributed by atoms with E-state index in [4.69, 9.17) is 14.2 Å². The topological polar surface area (TPSA) is 73.9 Å². The molecule has 26 heavy (non-hydrogen) atoms. The standard InChI is InChI=1S/C19H20BrNO5/c1-3-24-16-6-4-5-7-17(16)25-12-19(23)26-11-18(22)21-15-9-8-13(2)10-14(15)20/h4-10H,3,11-12H2,1-2H3,(H,21,22). The molecule has 6 nitrogen and oxygen atoms in total. The third-order valence-corrected chi connectivity index (χ3v) is 3.91. The van der Waals surface area contributed by atoms with Gasteiger partial charge in [0.25, 0.3) is 5.91 Å². The van der Waals surface area contributed by atoms with E-state index in [1.165, 1.54) is 0 Å². The predicted octanol–water partition coefficient (Wildman–Crippen LogP) is 3.72. The van der Waals surface area contributed by atoms with Crippen LogP contribution in [0.4, 0.5) is 5.69 Å². The average molecular weight is 422 g/mol. The van der Waals surface area contributed by atoms with E-state index in [-0.39, 0.29) is 6.61 Å². The number of aryl methyl sites for hydroxylation is 1. The molecule has 0 fully saturated rings. The fourth-order valence-corrected chi connectivity index (χ4v) is 2.67. The van der Waals surface area contributed by atoms with Gasteiger partial charge >= 0.3 is 5.97 Å². The molecule has 0 heterocycles. The predicted molar refractivity (Wildman–Crippen MR) is 102 cm³/mol. The molecule has 0 aromatic heterocycles. The summed E-state index contributed by atoms with van der Waals surface area (Å²) in [4.78, 5) is 23.7. The Labute approximate surface area is 160 Å². The van der Waals surface area contributed by atoms with Gasteiger partial charge in [-0.1, -0.05) is 18.2 Å². The van der Waals surface area contributed by atoms with Crippen molar-refractivity contribution < 1.29 is 23.8 Å². The van der Waals surface area contributed by atoms with Gasteiger partial charge in [0.15, 0.2) is 24.7 Å². The largest absolute Gasteiger partial charge is 0.490 e. The third-order valence-electron chi connectivity index (χ3n) is 3.26. The number of halogens is 1. The van der Waals surface area contributed by atoms with E-state index in [1.807, 2.05) is 32.0 Å². The van der Waals surface area contributed by atoms with Crippen molar-refractivity contribution in [3.05, 3.63) is 52.5 Å². The van der Waals surface area contributed by atoms with Crippen molar-refractivity contribution in [3.63, 3.8) is 0 Å². The van der Waals surface area contributed by atoms with Crippen LogP contribution in [0.3, 0.4) is 0 Å². The minimum atomic E-state index is -0.644. The Morgan fingerprint density at radius 2 is 1.73 bits per heavy atom. The number of benzene rings is 2. The van der Waals surface area contributed by atoms with E-state index in [2.05, 4.69) is 21.2 Å². The van der Waals surface area contributed by atoms with Crippen LogP contribution < -0.4 is 14.8 Å². The first-order valence-electron chi connectivity index (χ1n) is 8.06. The fourth-order valence-electron chi connectivity index (χ4n) is 2.08. The summed E-state index contributed by atoms with van der Waals surface area (Å²) in [6.45, 7) is 3.58. The molecule has 1 N–H and O–H groups in total. The molecule has 0 aliphatic carbocycles. The summed E-state index contributed by atoms with van der Waals surface area (Å²) >= 11 is 3.37. The van der Waals surface area contributed by atoms with Crippen molar-refractivity contribution in [2.75, 3.05) is 25.1 Å². The molecule has 0 aliphatic rings. The first-order valence-corrected chi connectivity index (χ1v) is 8.85. The van der Waals surface area contributed by atoms with Crippen LogP contribution in [0.5, 0.6) is 11.5 Å². The summed E-state index contributed by atoms with van der Waals surface area (Å²) < 4.78 is 16.5. The SMILES string of the molecule is CCOc1ccccc1OCC(=O)OCC(=O)Nc1ccc(C)cc1Br. The van der Waals surface area contributed by atoms with Gasteiger partial charge in [0.1, 0.15) is 0 Å². The summed E-state index contributed by atoms with van der Waals surface area (Å²) in [6, 6.07) is 12.5. The Hall–Kier alpha value is -2.54. The number of hydrogen-bond donors (Lipinski definition) is 1. The second kappa shape index (κ2) is 9.82. The smallest absolute Gasteiger partial charge is 0.344 e. The first-order chi connectivity index (χ1) is 12.5. The molecule has 2 aromatic carbocycles. The van der Waals surface area contributed by atoms with E-state index in [9.17, 15) is 9.59 Å². The maximum Gasteiger partial charge on any atom is 0.344 e. The molecule has 2 aromatic rings. The van der Waals surface area contributed by atoms with Gasteiger partial charge in [-0.2, -0.15) is 0 Å². The van der Waals surface area contributed by atoms with E-state index < -0.39 is 18.5 Å². The summed E-state index contributed by atoms with van der Waals surface area (Å²) in [5.41, 5.74) is 1.67. The Kier molecular flexibility index (Phi) is 7.47.